The number of hydrogen-bond acceptors (Lipinski definition) is 9. The van der Waals surface area contributed by atoms with Gasteiger partial charge in [0.2, 0.25) is 11.0 Å². The van der Waals surface area contributed by atoms with Crippen LogP contribution in [0.3, 0.4) is 0 Å². The fourth-order valence-corrected chi connectivity index (χ4v) is 3.93. The predicted octanol–water partition coefficient (Wildman–Crippen LogP) is 5.13. The maximum absolute atomic E-state index is 12.2. The standard InChI is InChI=1S/C18H14F3N5O4S2/c1-10-2-5-12(26(28)29)8-14(10)23-15(27)9-31-17-25-24-16(32-17)22-11-3-6-13(7-4-11)30-18(19,20)21/h2-8H,9H2,1H3,(H,22,24)(H,23,27). The fraction of sp³-hybridized carbons (Fsp3) is 0.167. The zero-order valence-corrected chi connectivity index (χ0v) is 17.8. The molecule has 1 heterocycles. The number of alkyl halides is 3. The summed E-state index contributed by atoms with van der Waals surface area (Å²) in [4.78, 5) is 22.5. The minimum atomic E-state index is -4.76. The number of halogens is 3. The lowest BCUT2D eigenvalue weighted by Gasteiger charge is -2.09. The molecule has 0 aliphatic rings. The van der Waals surface area contributed by atoms with Gasteiger partial charge in [0.25, 0.3) is 5.69 Å². The second-order valence-electron chi connectivity index (χ2n) is 6.16. The van der Waals surface area contributed by atoms with Crippen LogP contribution < -0.4 is 15.4 Å². The molecule has 2 N–H and O–H groups in total. The van der Waals surface area contributed by atoms with E-state index in [1.54, 1.807) is 13.0 Å². The number of nitro groups is 1. The predicted molar refractivity (Wildman–Crippen MR) is 114 cm³/mol. The van der Waals surface area contributed by atoms with Crippen LogP contribution in [0.15, 0.2) is 46.8 Å². The van der Waals surface area contributed by atoms with Gasteiger partial charge in [-0.1, -0.05) is 29.2 Å². The van der Waals surface area contributed by atoms with Crippen molar-refractivity contribution in [3.05, 3.63) is 58.1 Å². The Bertz CT molecular complexity index is 1120. The second-order valence-corrected chi connectivity index (χ2v) is 8.36. The average Bonchev–Trinajstić information content (AvgIpc) is 3.15. The number of benzene rings is 2. The molecular formula is C18H14F3N5O4S2. The van der Waals surface area contributed by atoms with Crippen molar-refractivity contribution in [2.24, 2.45) is 0 Å². The van der Waals surface area contributed by atoms with E-state index in [0.717, 1.165) is 35.2 Å². The molecule has 9 nitrogen and oxygen atoms in total. The smallest absolute Gasteiger partial charge is 0.406 e. The number of aromatic nitrogens is 2. The molecule has 2 aromatic carbocycles. The number of ether oxygens (including phenoxy) is 1. The molecule has 0 saturated carbocycles. The van der Waals surface area contributed by atoms with Gasteiger partial charge in [0, 0.05) is 17.8 Å². The molecule has 3 rings (SSSR count). The summed E-state index contributed by atoms with van der Waals surface area (Å²) >= 11 is 2.27. The molecule has 32 heavy (non-hydrogen) atoms. The number of anilines is 3. The third-order valence-electron chi connectivity index (χ3n) is 3.78. The Hall–Kier alpha value is -3.39. The summed E-state index contributed by atoms with van der Waals surface area (Å²) < 4.78 is 40.9. The van der Waals surface area contributed by atoms with Crippen molar-refractivity contribution in [3.8, 4) is 5.75 Å². The normalized spacial score (nSPS) is 11.1. The van der Waals surface area contributed by atoms with E-state index in [9.17, 15) is 28.1 Å². The molecule has 0 unspecified atom stereocenters. The zero-order chi connectivity index (χ0) is 23.3. The van der Waals surface area contributed by atoms with Crippen LogP contribution in [0.25, 0.3) is 0 Å². The van der Waals surface area contributed by atoms with Crippen LogP contribution in [0.5, 0.6) is 5.75 Å². The molecule has 0 saturated heterocycles. The molecule has 3 aromatic rings. The summed E-state index contributed by atoms with van der Waals surface area (Å²) in [5.41, 5.74) is 1.38. The van der Waals surface area contributed by atoms with Crippen LogP contribution in [0.2, 0.25) is 0 Å². The van der Waals surface area contributed by atoms with Crippen molar-refractivity contribution in [2.75, 3.05) is 16.4 Å². The molecule has 0 bridgehead atoms. The first kappa shape index (κ1) is 23.3. The van der Waals surface area contributed by atoms with Crippen molar-refractivity contribution >= 4 is 51.2 Å². The maximum atomic E-state index is 12.2. The van der Waals surface area contributed by atoms with Gasteiger partial charge < -0.3 is 15.4 Å². The lowest BCUT2D eigenvalue weighted by molar-refractivity contribution is -0.384. The summed E-state index contributed by atoms with van der Waals surface area (Å²) in [5.74, 6) is -0.717. The van der Waals surface area contributed by atoms with E-state index in [1.165, 1.54) is 24.3 Å². The number of aryl methyl sites for hydroxylation is 1. The molecule has 168 valence electrons. The lowest BCUT2D eigenvalue weighted by Crippen LogP contribution is -2.16. The Morgan fingerprint density at radius 1 is 1.22 bits per heavy atom. The van der Waals surface area contributed by atoms with Gasteiger partial charge in [-0.2, -0.15) is 0 Å². The van der Waals surface area contributed by atoms with E-state index in [0.29, 0.717) is 26.4 Å². The number of rotatable bonds is 8. The number of nitrogens with zero attached hydrogens (tertiary/aromatic N) is 3. The Labute approximate surface area is 187 Å². The molecule has 0 aliphatic carbocycles. The van der Waals surface area contributed by atoms with Crippen molar-refractivity contribution in [1.29, 1.82) is 0 Å². The first-order valence-electron chi connectivity index (χ1n) is 8.73. The van der Waals surface area contributed by atoms with E-state index in [1.807, 2.05) is 0 Å². The largest absolute Gasteiger partial charge is 0.573 e. The van der Waals surface area contributed by atoms with Crippen LogP contribution in [0, 0.1) is 17.0 Å². The topological polar surface area (TPSA) is 119 Å². The Kier molecular flexibility index (Phi) is 7.15. The van der Waals surface area contributed by atoms with Gasteiger partial charge in [-0.3, -0.25) is 14.9 Å². The zero-order valence-electron chi connectivity index (χ0n) is 16.2. The van der Waals surface area contributed by atoms with Gasteiger partial charge in [0.1, 0.15) is 5.75 Å². The number of nitrogens with one attached hydrogen (secondary N) is 2. The highest BCUT2D eigenvalue weighted by molar-refractivity contribution is 8.01. The van der Waals surface area contributed by atoms with E-state index in [-0.39, 0.29) is 23.1 Å². The molecule has 14 heteroatoms. The molecule has 0 atom stereocenters. The fourth-order valence-electron chi connectivity index (χ4n) is 2.35. The van der Waals surface area contributed by atoms with E-state index >= 15 is 0 Å². The van der Waals surface area contributed by atoms with Gasteiger partial charge in [-0.25, -0.2) is 0 Å². The summed E-state index contributed by atoms with van der Waals surface area (Å²) in [6, 6.07) is 9.29. The highest BCUT2D eigenvalue weighted by atomic mass is 32.2. The van der Waals surface area contributed by atoms with Crippen molar-refractivity contribution in [3.63, 3.8) is 0 Å². The quantitative estimate of drug-likeness (QED) is 0.256. The van der Waals surface area contributed by atoms with Crippen LogP contribution >= 0.6 is 23.1 Å². The number of non-ortho nitro benzene ring substituents is 1. The summed E-state index contributed by atoms with van der Waals surface area (Å²) in [7, 11) is 0. The van der Waals surface area contributed by atoms with Gasteiger partial charge in [0.05, 0.1) is 16.4 Å². The van der Waals surface area contributed by atoms with Crippen molar-refractivity contribution < 1.29 is 27.6 Å². The molecule has 0 radical (unpaired) electrons. The number of hydrogen-bond donors (Lipinski definition) is 2. The van der Waals surface area contributed by atoms with Crippen molar-refractivity contribution in [2.45, 2.75) is 17.6 Å². The molecule has 0 aliphatic heterocycles. The van der Waals surface area contributed by atoms with E-state index in [2.05, 4.69) is 25.6 Å². The van der Waals surface area contributed by atoms with Crippen LogP contribution in [-0.2, 0) is 4.79 Å². The second kappa shape index (κ2) is 9.82. The molecule has 0 spiro atoms. The third kappa shape index (κ3) is 6.81. The van der Waals surface area contributed by atoms with Crippen LogP contribution in [-0.4, -0.2) is 33.1 Å². The summed E-state index contributed by atoms with van der Waals surface area (Å²) in [6.45, 7) is 1.72. The minimum Gasteiger partial charge on any atom is -0.406 e. The summed E-state index contributed by atoms with van der Waals surface area (Å²) in [6.07, 6.45) is -4.76. The highest BCUT2D eigenvalue weighted by Crippen LogP contribution is 2.30. The van der Waals surface area contributed by atoms with Crippen molar-refractivity contribution in [1.82, 2.24) is 10.2 Å². The number of carbonyl (C=O) groups excluding carboxylic acids is 1. The summed E-state index contributed by atoms with van der Waals surface area (Å²) in [5, 5.41) is 24.6. The highest BCUT2D eigenvalue weighted by Gasteiger charge is 2.30. The van der Waals surface area contributed by atoms with E-state index in [4.69, 9.17) is 0 Å². The van der Waals surface area contributed by atoms with Crippen LogP contribution in [0.1, 0.15) is 5.56 Å². The van der Waals surface area contributed by atoms with Crippen LogP contribution in [0.4, 0.5) is 35.4 Å². The first-order chi connectivity index (χ1) is 15.1. The number of amides is 1. The number of thioether (sulfide) groups is 1. The Balaban J connectivity index is 1.53. The first-order valence-corrected chi connectivity index (χ1v) is 10.5. The van der Waals surface area contributed by atoms with Gasteiger partial charge in [0.15, 0.2) is 4.34 Å². The van der Waals surface area contributed by atoms with Gasteiger partial charge in [-0.15, -0.1) is 23.4 Å². The third-order valence-corrected chi connectivity index (χ3v) is 5.75. The average molecular weight is 485 g/mol. The van der Waals surface area contributed by atoms with E-state index < -0.39 is 11.3 Å². The molecule has 0 fully saturated rings. The maximum Gasteiger partial charge on any atom is 0.573 e. The molecule has 1 aromatic heterocycles. The molecule has 1 amide bonds. The lowest BCUT2D eigenvalue weighted by atomic mass is 10.2. The minimum absolute atomic E-state index is 0.000241. The monoisotopic (exact) mass is 485 g/mol. The Morgan fingerprint density at radius 3 is 2.59 bits per heavy atom. The molecular weight excluding hydrogens is 471 g/mol. The Morgan fingerprint density at radius 2 is 1.94 bits per heavy atom. The number of carbonyl (C=O) groups is 1. The van der Waals surface area contributed by atoms with Gasteiger partial charge >= 0.3 is 6.36 Å². The van der Waals surface area contributed by atoms with Gasteiger partial charge in [-0.05, 0) is 36.8 Å². The number of nitro benzene ring substituents is 1. The SMILES string of the molecule is Cc1ccc([N+](=O)[O-])cc1NC(=O)CSc1nnc(Nc2ccc(OC(F)(F)F)cc2)s1.